The van der Waals surface area contributed by atoms with E-state index in [1.807, 2.05) is 11.8 Å². The Morgan fingerprint density at radius 1 is 1.13 bits per heavy atom. The van der Waals surface area contributed by atoms with Crippen molar-refractivity contribution in [1.29, 1.82) is 0 Å². The van der Waals surface area contributed by atoms with Crippen LogP contribution in [-0.2, 0) is 11.0 Å². The monoisotopic (exact) mass is 427 g/mol. The molecule has 1 saturated heterocycles. The number of hydrogen-bond acceptors (Lipinski definition) is 3. The number of alkyl halides is 3. The van der Waals surface area contributed by atoms with Crippen molar-refractivity contribution in [2.45, 2.75) is 32.4 Å². The van der Waals surface area contributed by atoms with Gasteiger partial charge in [0.05, 0.1) is 5.56 Å². The summed E-state index contributed by atoms with van der Waals surface area (Å²) in [4.78, 5) is 29.9. The van der Waals surface area contributed by atoms with Gasteiger partial charge in [-0.2, -0.15) is 13.2 Å². The predicted molar refractivity (Wildman–Crippen MR) is 108 cm³/mol. The maximum Gasteiger partial charge on any atom is 0.416 e. The van der Waals surface area contributed by atoms with Gasteiger partial charge in [-0.05, 0) is 44.0 Å². The summed E-state index contributed by atoms with van der Waals surface area (Å²) in [5.74, 6) is 0.365. The third-order valence-corrected chi connectivity index (χ3v) is 4.55. The normalized spacial score (nSPS) is 14.7. The third kappa shape index (κ3) is 7.57. The average molecular weight is 427 g/mol. The highest BCUT2D eigenvalue weighted by Crippen LogP contribution is 2.29. The second kappa shape index (κ2) is 11.4. The van der Waals surface area contributed by atoms with E-state index in [4.69, 9.17) is 0 Å². The zero-order valence-electron chi connectivity index (χ0n) is 17.0. The van der Waals surface area contributed by atoms with Crippen LogP contribution in [0.25, 0.3) is 0 Å². The van der Waals surface area contributed by atoms with Crippen molar-refractivity contribution in [3.63, 3.8) is 0 Å². The Morgan fingerprint density at radius 2 is 1.83 bits per heavy atom. The minimum Gasteiger partial charge on any atom is -0.357 e. The molecule has 0 saturated carbocycles. The summed E-state index contributed by atoms with van der Waals surface area (Å²) < 4.78 is 37.7. The molecule has 1 fully saturated rings. The molecule has 7 nitrogen and oxygen atoms in total. The molecule has 10 heteroatoms. The van der Waals surface area contributed by atoms with Gasteiger partial charge in [-0.3, -0.25) is 14.6 Å². The number of carbonyl (C=O) groups excluding carboxylic acids is 2. The standard InChI is InChI=1S/C20H28F3N5O2/c1-2-24-19(26-10-4-14-28-13-3-5-17(28)29)27-12-11-25-18(30)15-6-8-16(9-7-15)20(21,22)23/h6-9H,2-5,10-14H2,1H3,(H,25,30)(H2,24,26,27). The summed E-state index contributed by atoms with van der Waals surface area (Å²) >= 11 is 0. The third-order valence-electron chi connectivity index (χ3n) is 4.55. The number of guanidine groups is 1. The van der Waals surface area contributed by atoms with Crippen LogP contribution in [0.3, 0.4) is 0 Å². The summed E-state index contributed by atoms with van der Waals surface area (Å²) in [6.45, 7) is 5.39. The van der Waals surface area contributed by atoms with E-state index < -0.39 is 17.6 Å². The molecular formula is C20H28F3N5O2. The van der Waals surface area contributed by atoms with E-state index in [0.29, 0.717) is 38.6 Å². The Balaban J connectivity index is 1.70. The number of nitrogens with zero attached hydrogens (tertiary/aromatic N) is 2. The van der Waals surface area contributed by atoms with Crippen LogP contribution in [0.2, 0.25) is 0 Å². The number of nitrogens with one attached hydrogen (secondary N) is 3. The van der Waals surface area contributed by atoms with E-state index in [1.54, 1.807) is 0 Å². The lowest BCUT2D eigenvalue weighted by Crippen LogP contribution is -2.41. The molecule has 1 aromatic carbocycles. The summed E-state index contributed by atoms with van der Waals surface area (Å²) in [6, 6.07) is 4.09. The lowest BCUT2D eigenvalue weighted by molar-refractivity contribution is -0.137. The van der Waals surface area contributed by atoms with Crippen LogP contribution < -0.4 is 16.0 Å². The molecule has 0 unspecified atom stereocenters. The fraction of sp³-hybridized carbons (Fsp3) is 0.550. The topological polar surface area (TPSA) is 85.8 Å². The zero-order chi connectivity index (χ0) is 22.0. The number of halogens is 3. The number of likely N-dealkylation sites (tertiary alicyclic amines) is 1. The molecule has 0 radical (unpaired) electrons. The van der Waals surface area contributed by atoms with Gasteiger partial charge in [0.2, 0.25) is 5.91 Å². The summed E-state index contributed by atoms with van der Waals surface area (Å²) in [7, 11) is 0. The van der Waals surface area contributed by atoms with E-state index in [2.05, 4.69) is 20.9 Å². The average Bonchev–Trinajstić information content (AvgIpc) is 3.12. The highest BCUT2D eigenvalue weighted by Gasteiger charge is 2.30. The van der Waals surface area contributed by atoms with E-state index in [-0.39, 0.29) is 18.0 Å². The Hall–Kier alpha value is -2.78. The van der Waals surface area contributed by atoms with Crippen LogP contribution in [0, 0.1) is 0 Å². The molecule has 2 rings (SSSR count). The molecule has 1 aliphatic rings. The minimum absolute atomic E-state index is 0.167. The van der Waals surface area contributed by atoms with Crippen molar-refractivity contribution in [3.05, 3.63) is 35.4 Å². The number of benzene rings is 1. The lowest BCUT2D eigenvalue weighted by atomic mass is 10.1. The molecule has 0 bridgehead atoms. The van der Waals surface area contributed by atoms with Crippen molar-refractivity contribution in [2.75, 3.05) is 39.3 Å². The first-order valence-corrected chi connectivity index (χ1v) is 10.1. The molecular weight excluding hydrogens is 399 g/mol. The maximum absolute atomic E-state index is 12.6. The first-order valence-electron chi connectivity index (χ1n) is 10.1. The Morgan fingerprint density at radius 3 is 2.43 bits per heavy atom. The van der Waals surface area contributed by atoms with Gasteiger partial charge in [0.15, 0.2) is 5.96 Å². The Kier molecular flexibility index (Phi) is 8.94. The van der Waals surface area contributed by atoms with Gasteiger partial charge in [0.25, 0.3) is 5.91 Å². The minimum atomic E-state index is -4.43. The number of hydrogen-bond donors (Lipinski definition) is 3. The van der Waals surface area contributed by atoms with Crippen molar-refractivity contribution < 1.29 is 22.8 Å². The molecule has 1 aliphatic heterocycles. The lowest BCUT2D eigenvalue weighted by Gasteiger charge is -2.15. The van der Waals surface area contributed by atoms with Crippen LogP contribution in [0.15, 0.2) is 29.3 Å². The number of carbonyl (C=O) groups is 2. The summed E-state index contributed by atoms with van der Waals surface area (Å²) in [5, 5.41) is 8.84. The van der Waals surface area contributed by atoms with E-state index in [0.717, 1.165) is 43.7 Å². The highest BCUT2D eigenvalue weighted by atomic mass is 19.4. The second-order valence-electron chi connectivity index (χ2n) is 6.86. The van der Waals surface area contributed by atoms with E-state index in [1.165, 1.54) is 0 Å². The molecule has 2 amide bonds. The van der Waals surface area contributed by atoms with Crippen LogP contribution in [0.4, 0.5) is 13.2 Å². The van der Waals surface area contributed by atoms with Gasteiger partial charge >= 0.3 is 6.18 Å². The molecule has 1 aromatic rings. The molecule has 3 N–H and O–H groups in total. The van der Waals surface area contributed by atoms with E-state index >= 15 is 0 Å². The molecule has 0 aliphatic carbocycles. The first kappa shape index (κ1) is 23.5. The number of rotatable bonds is 9. The van der Waals surface area contributed by atoms with Crippen LogP contribution in [0.1, 0.15) is 42.1 Å². The van der Waals surface area contributed by atoms with Crippen LogP contribution in [-0.4, -0.2) is 61.9 Å². The number of amides is 2. The molecule has 1 heterocycles. The molecule has 30 heavy (non-hydrogen) atoms. The summed E-state index contributed by atoms with van der Waals surface area (Å²) in [5.41, 5.74) is -0.624. The largest absolute Gasteiger partial charge is 0.416 e. The van der Waals surface area contributed by atoms with Gasteiger partial charge in [-0.1, -0.05) is 0 Å². The summed E-state index contributed by atoms with van der Waals surface area (Å²) in [6.07, 6.45) is -2.10. The van der Waals surface area contributed by atoms with Crippen molar-refractivity contribution in [1.82, 2.24) is 20.9 Å². The zero-order valence-corrected chi connectivity index (χ0v) is 17.0. The van der Waals surface area contributed by atoms with Crippen LogP contribution >= 0.6 is 0 Å². The van der Waals surface area contributed by atoms with Gasteiger partial charge < -0.3 is 20.9 Å². The fourth-order valence-corrected chi connectivity index (χ4v) is 3.00. The maximum atomic E-state index is 12.6. The fourth-order valence-electron chi connectivity index (χ4n) is 3.00. The SMILES string of the molecule is CCNC(=NCCCN1CCCC1=O)NCCNC(=O)c1ccc(C(F)(F)F)cc1. The van der Waals surface area contributed by atoms with Crippen molar-refractivity contribution >= 4 is 17.8 Å². The van der Waals surface area contributed by atoms with Crippen molar-refractivity contribution in [3.8, 4) is 0 Å². The highest BCUT2D eigenvalue weighted by molar-refractivity contribution is 5.94. The Labute approximate surface area is 174 Å². The molecule has 0 aromatic heterocycles. The molecule has 166 valence electrons. The Bertz CT molecular complexity index is 735. The van der Waals surface area contributed by atoms with Gasteiger partial charge in [-0.25, -0.2) is 0 Å². The number of aliphatic imine (C=N–C) groups is 1. The molecule has 0 spiro atoms. The van der Waals surface area contributed by atoms with Gasteiger partial charge in [0, 0.05) is 51.3 Å². The van der Waals surface area contributed by atoms with Gasteiger partial charge in [-0.15, -0.1) is 0 Å². The van der Waals surface area contributed by atoms with E-state index in [9.17, 15) is 22.8 Å². The quantitative estimate of drug-likeness (QED) is 0.320. The second-order valence-corrected chi connectivity index (χ2v) is 6.86. The van der Waals surface area contributed by atoms with Gasteiger partial charge in [0.1, 0.15) is 0 Å². The predicted octanol–water partition coefficient (Wildman–Crippen LogP) is 2.00. The smallest absolute Gasteiger partial charge is 0.357 e. The van der Waals surface area contributed by atoms with Crippen LogP contribution in [0.5, 0.6) is 0 Å². The first-order chi connectivity index (χ1) is 14.3. The molecule has 0 atom stereocenters. The van der Waals surface area contributed by atoms with Crippen molar-refractivity contribution in [2.24, 2.45) is 4.99 Å².